The number of hydrogen-bond donors (Lipinski definition) is 3. The minimum absolute atomic E-state index is 0.0172. The molecule has 3 N–H and O–H groups in total. The van der Waals surface area contributed by atoms with Crippen LogP contribution < -0.4 is 5.32 Å². The van der Waals surface area contributed by atoms with Crippen molar-refractivity contribution < 1.29 is 4.79 Å². The number of aromatic amines is 2. The summed E-state index contributed by atoms with van der Waals surface area (Å²) in [6, 6.07) is 7.85. The first-order valence-corrected chi connectivity index (χ1v) is 6.57. The minimum Gasteiger partial charge on any atom is -0.354 e. The Bertz CT molecular complexity index is 740. The highest BCUT2D eigenvalue weighted by atomic mass is 16.1. The van der Waals surface area contributed by atoms with Gasteiger partial charge in [0.1, 0.15) is 0 Å². The van der Waals surface area contributed by atoms with Gasteiger partial charge in [-0.05, 0) is 18.2 Å². The molecule has 102 valence electrons. The molecule has 0 aliphatic heterocycles. The van der Waals surface area contributed by atoms with Gasteiger partial charge in [-0.2, -0.15) is 5.10 Å². The molecule has 1 amide bonds. The number of aromatic nitrogens is 3. The monoisotopic (exact) mass is 268 g/mol. The lowest BCUT2D eigenvalue weighted by Gasteiger charge is -2.08. The highest BCUT2D eigenvalue weighted by Crippen LogP contribution is 2.29. The number of hydrogen-bond acceptors (Lipinski definition) is 2. The maximum absolute atomic E-state index is 11.9. The maximum Gasteiger partial charge on any atom is 0.226 e. The van der Waals surface area contributed by atoms with Gasteiger partial charge < -0.3 is 10.3 Å². The van der Waals surface area contributed by atoms with E-state index in [1.165, 1.54) is 0 Å². The van der Waals surface area contributed by atoms with E-state index < -0.39 is 0 Å². The first-order valence-electron chi connectivity index (χ1n) is 6.57. The molecule has 0 spiro atoms. The Morgan fingerprint density at radius 3 is 2.90 bits per heavy atom. The first-order chi connectivity index (χ1) is 9.65. The normalized spacial score (nSPS) is 11.2. The number of carbonyl (C=O) groups excluding carboxylic acids is 1. The van der Waals surface area contributed by atoms with Crippen molar-refractivity contribution >= 4 is 22.5 Å². The van der Waals surface area contributed by atoms with E-state index in [0.717, 1.165) is 27.8 Å². The number of amides is 1. The largest absolute Gasteiger partial charge is 0.354 e. The molecule has 3 aromatic rings. The zero-order valence-corrected chi connectivity index (χ0v) is 11.4. The molecule has 2 heterocycles. The van der Waals surface area contributed by atoms with Crippen molar-refractivity contribution in [2.75, 3.05) is 5.32 Å². The number of carbonyl (C=O) groups is 1. The molecule has 2 aromatic heterocycles. The zero-order chi connectivity index (χ0) is 14.1. The molecule has 0 radical (unpaired) electrons. The van der Waals surface area contributed by atoms with Gasteiger partial charge in [0.05, 0.1) is 11.9 Å². The van der Waals surface area contributed by atoms with E-state index >= 15 is 0 Å². The average molecular weight is 268 g/mol. The molecule has 0 aliphatic carbocycles. The fraction of sp³-hybridized carbons (Fsp3) is 0.200. The van der Waals surface area contributed by atoms with Gasteiger partial charge in [-0.3, -0.25) is 9.89 Å². The predicted octanol–water partition coefficient (Wildman–Crippen LogP) is 3.15. The Kier molecular flexibility index (Phi) is 3.02. The molecule has 0 fully saturated rings. The van der Waals surface area contributed by atoms with Crippen LogP contribution in [-0.4, -0.2) is 21.1 Å². The molecule has 20 heavy (non-hydrogen) atoms. The van der Waals surface area contributed by atoms with Crippen LogP contribution in [0.1, 0.15) is 13.8 Å². The van der Waals surface area contributed by atoms with Gasteiger partial charge in [-0.1, -0.05) is 19.9 Å². The van der Waals surface area contributed by atoms with Crippen molar-refractivity contribution in [2.24, 2.45) is 5.92 Å². The van der Waals surface area contributed by atoms with E-state index in [2.05, 4.69) is 20.5 Å². The average Bonchev–Trinajstić information content (AvgIpc) is 3.07. The third-order valence-electron chi connectivity index (χ3n) is 3.26. The molecule has 5 nitrogen and oxygen atoms in total. The second-order valence-corrected chi connectivity index (χ2v) is 5.08. The lowest BCUT2D eigenvalue weighted by molar-refractivity contribution is -0.118. The number of anilines is 1. The SMILES string of the molecule is CC(C)C(=O)Nc1cccc2[nH]c(-c3cn[nH]c3)cc12. The van der Waals surface area contributed by atoms with Crippen molar-refractivity contribution in [2.45, 2.75) is 13.8 Å². The van der Waals surface area contributed by atoms with E-state index in [-0.39, 0.29) is 11.8 Å². The van der Waals surface area contributed by atoms with Gasteiger partial charge in [0.15, 0.2) is 0 Å². The third kappa shape index (κ3) is 2.18. The zero-order valence-electron chi connectivity index (χ0n) is 11.4. The standard InChI is InChI=1S/C15H16N4O/c1-9(2)15(20)19-13-5-3-4-12-11(13)6-14(18-12)10-7-16-17-8-10/h3-9,18H,1-2H3,(H,16,17)(H,19,20). The van der Waals surface area contributed by atoms with Crippen LogP contribution in [0.4, 0.5) is 5.69 Å². The molecule has 1 aromatic carbocycles. The van der Waals surface area contributed by atoms with Crippen LogP contribution in [0.25, 0.3) is 22.2 Å². The number of H-pyrrole nitrogens is 2. The Morgan fingerprint density at radius 1 is 1.35 bits per heavy atom. The molecule has 0 saturated carbocycles. The van der Waals surface area contributed by atoms with Crippen molar-refractivity contribution in [1.29, 1.82) is 0 Å². The summed E-state index contributed by atoms with van der Waals surface area (Å²) < 4.78 is 0. The van der Waals surface area contributed by atoms with E-state index in [4.69, 9.17) is 0 Å². The molecule has 0 atom stereocenters. The highest BCUT2D eigenvalue weighted by molar-refractivity contribution is 6.03. The molecular weight excluding hydrogens is 252 g/mol. The van der Waals surface area contributed by atoms with Gasteiger partial charge in [-0.25, -0.2) is 0 Å². The van der Waals surface area contributed by atoms with E-state index in [9.17, 15) is 4.79 Å². The van der Waals surface area contributed by atoms with Gasteiger partial charge >= 0.3 is 0 Å². The molecule has 0 bridgehead atoms. The van der Waals surface area contributed by atoms with Crippen LogP contribution in [0, 0.1) is 5.92 Å². The van der Waals surface area contributed by atoms with Crippen molar-refractivity contribution in [1.82, 2.24) is 15.2 Å². The van der Waals surface area contributed by atoms with Crippen LogP contribution in [0.15, 0.2) is 36.7 Å². The highest BCUT2D eigenvalue weighted by Gasteiger charge is 2.11. The summed E-state index contributed by atoms with van der Waals surface area (Å²) in [6.07, 6.45) is 3.59. The Hall–Kier alpha value is -2.56. The summed E-state index contributed by atoms with van der Waals surface area (Å²) in [7, 11) is 0. The smallest absolute Gasteiger partial charge is 0.226 e. The van der Waals surface area contributed by atoms with Crippen LogP contribution in [0.5, 0.6) is 0 Å². The molecule has 0 saturated heterocycles. The second-order valence-electron chi connectivity index (χ2n) is 5.08. The van der Waals surface area contributed by atoms with E-state index in [0.29, 0.717) is 0 Å². The van der Waals surface area contributed by atoms with Gasteiger partial charge in [0.25, 0.3) is 0 Å². The molecular formula is C15H16N4O. The number of benzene rings is 1. The Labute approximate surface area is 116 Å². The van der Waals surface area contributed by atoms with E-state index in [1.54, 1.807) is 6.20 Å². The van der Waals surface area contributed by atoms with Crippen molar-refractivity contribution in [3.8, 4) is 11.3 Å². The maximum atomic E-state index is 11.9. The predicted molar refractivity (Wildman–Crippen MR) is 79.3 cm³/mol. The number of fused-ring (bicyclic) bond motifs is 1. The quantitative estimate of drug-likeness (QED) is 0.682. The summed E-state index contributed by atoms with van der Waals surface area (Å²) in [6.45, 7) is 3.76. The molecule has 0 unspecified atom stereocenters. The summed E-state index contributed by atoms with van der Waals surface area (Å²) in [5.41, 5.74) is 3.78. The van der Waals surface area contributed by atoms with E-state index in [1.807, 2.05) is 44.3 Å². The summed E-state index contributed by atoms with van der Waals surface area (Å²) in [4.78, 5) is 15.2. The van der Waals surface area contributed by atoms with Crippen LogP contribution in [-0.2, 0) is 4.79 Å². The van der Waals surface area contributed by atoms with Crippen LogP contribution in [0.2, 0.25) is 0 Å². The summed E-state index contributed by atoms with van der Waals surface area (Å²) in [5.74, 6) is -0.0268. The minimum atomic E-state index is -0.0439. The number of nitrogens with zero attached hydrogens (tertiary/aromatic N) is 1. The van der Waals surface area contributed by atoms with Crippen LogP contribution in [0.3, 0.4) is 0 Å². The van der Waals surface area contributed by atoms with Crippen LogP contribution >= 0.6 is 0 Å². The topological polar surface area (TPSA) is 73.6 Å². The fourth-order valence-electron chi connectivity index (χ4n) is 2.09. The first kappa shape index (κ1) is 12.5. The van der Waals surface area contributed by atoms with Crippen molar-refractivity contribution in [3.05, 3.63) is 36.7 Å². The number of rotatable bonds is 3. The van der Waals surface area contributed by atoms with Gasteiger partial charge in [-0.15, -0.1) is 0 Å². The number of nitrogens with one attached hydrogen (secondary N) is 3. The second kappa shape index (κ2) is 4.85. The summed E-state index contributed by atoms with van der Waals surface area (Å²) >= 11 is 0. The lowest BCUT2D eigenvalue weighted by Crippen LogP contribution is -2.17. The third-order valence-corrected chi connectivity index (χ3v) is 3.26. The fourth-order valence-corrected chi connectivity index (χ4v) is 2.09. The Morgan fingerprint density at radius 2 is 2.20 bits per heavy atom. The molecule has 3 rings (SSSR count). The van der Waals surface area contributed by atoms with Gasteiger partial charge in [0.2, 0.25) is 5.91 Å². The summed E-state index contributed by atoms with van der Waals surface area (Å²) in [5, 5.41) is 10.7. The molecule has 0 aliphatic rings. The Balaban J connectivity index is 2.03. The molecule has 5 heteroatoms. The lowest BCUT2D eigenvalue weighted by atomic mass is 10.1. The van der Waals surface area contributed by atoms with Gasteiger partial charge in [0, 0.05) is 34.3 Å². The van der Waals surface area contributed by atoms with Crippen molar-refractivity contribution in [3.63, 3.8) is 0 Å².